The number of nitriles is 1. The molecule has 0 saturated carbocycles. The fraction of sp³-hybridized carbons (Fsp3) is 0.214. The molecule has 0 bridgehead atoms. The van der Waals surface area contributed by atoms with E-state index in [2.05, 4.69) is 6.07 Å². The standard InChI is InChI=1S/C28H22ClN3O3S2/c29-19-8-4-18(5-9-19)27-31-20(15-36-27)16-37-28-22(14-30)25(26-23(32-28)2-1-3-24(26)34)17-6-10-21(11-7-17)35-13-12-33/h4-11,15,33H,1-3,12-13,16H2. The highest BCUT2D eigenvalue weighted by Gasteiger charge is 2.28. The van der Waals surface area contributed by atoms with Crippen LogP contribution in [0.2, 0.25) is 5.02 Å². The normalized spacial score (nSPS) is 12.7. The molecule has 0 radical (unpaired) electrons. The van der Waals surface area contributed by atoms with Crippen LogP contribution in [0.3, 0.4) is 0 Å². The van der Waals surface area contributed by atoms with Crippen LogP contribution in [-0.2, 0) is 12.2 Å². The zero-order valence-corrected chi connectivity index (χ0v) is 22.1. The smallest absolute Gasteiger partial charge is 0.165 e. The number of aromatic nitrogens is 2. The molecule has 4 aromatic rings. The molecule has 0 amide bonds. The number of aliphatic hydroxyl groups excluding tert-OH is 1. The van der Waals surface area contributed by atoms with Crippen LogP contribution in [0.15, 0.2) is 58.9 Å². The number of fused-ring (bicyclic) bond motifs is 1. The minimum atomic E-state index is -0.0759. The quantitative estimate of drug-likeness (QED) is 0.249. The van der Waals surface area contributed by atoms with Crippen molar-refractivity contribution in [2.75, 3.05) is 13.2 Å². The van der Waals surface area contributed by atoms with E-state index >= 15 is 0 Å². The molecular weight excluding hydrogens is 526 g/mol. The van der Waals surface area contributed by atoms with Crippen LogP contribution in [-0.4, -0.2) is 34.1 Å². The SMILES string of the molecule is N#Cc1c(SCc2csc(-c3ccc(Cl)cc3)n2)nc2c(c1-c1ccc(OCCO)cc1)C(=O)CCC2. The minimum absolute atomic E-state index is 0.0181. The van der Waals surface area contributed by atoms with Crippen molar-refractivity contribution in [3.05, 3.63) is 81.4 Å². The number of aliphatic hydroxyl groups is 1. The van der Waals surface area contributed by atoms with Gasteiger partial charge < -0.3 is 9.84 Å². The lowest BCUT2D eigenvalue weighted by Gasteiger charge is -2.21. The molecule has 37 heavy (non-hydrogen) atoms. The number of Topliss-reactive ketones (excluding diaryl/α,β-unsaturated/α-hetero) is 1. The summed E-state index contributed by atoms with van der Waals surface area (Å²) in [7, 11) is 0. The molecule has 2 heterocycles. The van der Waals surface area contributed by atoms with Gasteiger partial charge in [0.05, 0.1) is 23.6 Å². The van der Waals surface area contributed by atoms with Crippen LogP contribution in [0.4, 0.5) is 0 Å². The first-order valence-corrected chi connectivity index (χ1v) is 14.0. The summed E-state index contributed by atoms with van der Waals surface area (Å²) in [6.07, 6.45) is 1.89. The van der Waals surface area contributed by atoms with Crippen molar-refractivity contribution in [1.29, 1.82) is 5.26 Å². The minimum Gasteiger partial charge on any atom is -0.491 e. The number of aryl methyl sites for hydroxylation is 1. The van der Waals surface area contributed by atoms with Gasteiger partial charge in [-0.05, 0) is 42.7 Å². The Balaban J connectivity index is 1.48. The van der Waals surface area contributed by atoms with Gasteiger partial charge in [0.15, 0.2) is 5.78 Å². The molecule has 1 N–H and O–H groups in total. The van der Waals surface area contributed by atoms with Crippen molar-refractivity contribution in [1.82, 2.24) is 9.97 Å². The van der Waals surface area contributed by atoms with Crippen LogP contribution >= 0.6 is 34.7 Å². The summed E-state index contributed by atoms with van der Waals surface area (Å²) in [6.45, 7) is 0.122. The van der Waals surface area contributed by atoms with E-state index in [1.807, 2.05) is 41.8 Å². The first kappa shape index (κ1) is 25.4. The molecule has 0 unspecified atom stereocenters. The summed E-state index contributed by atoms with van der Waals surface area (Å²) < 4.78 is 5.48. The number of ketones is 1. The molecule has 0 atom stereocenters. The number of pyridine rings is 1. The number of hydrogen-bond acceptors (Lipinski definition) is 8. The summed E-state index contributed by atoms with van der Waals surface area (Å²) in [5.41, 5.74) is 4.99. The number of ether oxygens (including phenoxy) is 1. The fourth-order valence-electron chi connectivity index (χ4n) is 4.25. The number of thiazole rings is 1. The van der Waals surface area contributed by atoms with E-state index in [0.717, 1.165) is 33.9 Å². The van der Waals surface area contributed by atoms with Crippen molar-refractivity contribution in [3.8, 4) is 33.5 Å². The third kappa shape index (κ3) is 5.55. The molecular formula is C28H22ClN3O3S2. The lowest BCUT2D eigenvalue weighted by atomic mass is 9.86. The predicted molar refractivity (Wildman–Crippen MR) is 146 cm³/mol. The Morgan fingerprint density at radius 2 is 1.81 bits per heavy atom. The average molecular weight is 548 g/mol. The van der Waals surface area contributed by atoms with Crippen LogP contribution in [0.1, 0.15) is 40.2 Å². The van der Waals surface area contributed by atoms with E-state index in [1.165, 1.54) is 11.8 Å². The number of carbonyl (C=O) groups excluding carboxylic acids is 1. The highest BCUT2D eigenvalue weighted by molar-refractivity contribution is 7.98. The second-order valence-corrected chi connectivity index (χ2v) is 10.7. The topological polar surface area (TPSA) is 96.1 Å². The fourth-order valence-corrected chi connectivity index (χ4v) is 6.21. The van der Waals surface area contributed by atoms with E-state index in [9.17, 15) is 10.1 Å². The number of hydrogen-bond donors (Lipinski definition) is 1. The number of halogens is 1. The molecule has 0 fully saturated rings. The number of rotatable bonds is 8. The van der Waals surface area contributed by atoms with Crippen molar-refractivity contribution >= 4 is 40.5 Å². The Bertz CT molecular complexity index is 1480. The Kier molecular flexibility index (Phi) is 7.87. The van der Waals surface area contributed by atoms with E-state index in [4.69, 9.17) is 31.4 Å². The number of benzene rings is 2. The maximum atomic E-state index is 13.0. The lowest BCUT2D eigenvalue weighted by Crippen LogP contribution is -2.16. The molecule has 186 valence electrons. The van der Waals surface area contributed by atoms with Crippen LogP contribution in [0.5, 0.6) is 5.75 Å². The van der Waals surface area contributed by atoms with Crippen LogP contribution in [0, 0.1) is 11.3 Å². The maximum Gasteiger partial charge on any atom is 0.165 e. The maximum absolute atomic E-state index is 13.0. The largest absolute Gasteiger partial charge is 0.491 e. The first-order chi connectivity index (χ1) is 18.1. The molecule has 6 nitrogen and oxygen atoms in total. The van der Waals surface area contributed by atoms with Crippen molar-refractivity contribution in [2.24, 2.45) is 0 Å². The van der Waals surface area contributed by atoms with Gasteiger partial charge in [0.25, 0.3) is 0 Å². The van der Waals surface area contributed by atoms with Crippen molar-refractivity contribution < 1.29 is 14.6 Å². The Hall–Kier alpha value is -3.22. The van der Waals surface area contributed by atoms with Crippen molar-refractivity contribution in [3.63, 3.8) is 0 Å². The average Bonchev–Trinajstić information content (AvgIpc) is 3.40. The third-order valence-electron chi connectivity index (χ3n) is 5.95. The van der Waals surface area contributed by atoms with Gasteiger partial charge in [0, 0.05) is 39.3 Å². The molecule has 0 spiro atoms. The van der Waals surface area contributed by atoms with Crippen molar-refractivity contribution in [2.45, 2.75) is 30.0 Å². The van der Waals surface area contributed by atoms with Gasteiger partial charge in [0.2, 0.25) is 0 Å². The summed E-state index contributed by atoms with van der Waals surface area (Å²) in [5, 5.41) is 23.4. The van der Waals surface area contributed by atoms with E-state index in [-0.39, 0.29) is 19.0 Å². The third-order valence-corrected chi connectivity index (χ3v) is 8.15. The Morgan fingerprint density at radius 1 is 1.05 bits per heavy atom. The summed E-state index contributed by atoms with van der Waals surface area (Å²) in [4.78, 5) is 22.5. The number of carbonyl (C=O) groups is 1. The molecule has 0 aliphatic heterocycles. The van der Waals surface area contributed by atoms with E-state index < -0.39 is 0 Å². The predicted octanol–water partition coefficient (Wildman–Crippen LogP) is 6.58. The second kappa shape index (κ2) is 11.4. The van der Waals surface area contributed by atoms with Gasteiger partial charge in [0.1, 0.15) is 28.5 Å². The van der Waals surface area contributed by atoms with E-state index in [0.29, 0.717) is 51.1 Å². The van der Waals surface area contributed by atoms with E-state index in [1.54, 1.807) is 23.5 Å². The highest BCUT2D eigenvalue weighted by Crippen LogP contribution is 2.39. The summed E-state index contributed by atoms with van der Waals surface area (Å²) >= 11 is 9.02. The number of thioether (sulfide) groups is 1. The van der Waals surface area contributed by atoms with Gasteiger partial charge >= 0.3 is 0 Å². The number of nitrogens with zero attached hydrogens (tertiary/aromatic N) is 3. The van der Waals surface area contributed by atoms with Gasteiger partial charge in [-0.15, -0.1) is 11.3 Å². The first-order valence-electron chi connectivity index (χ1n) is 11.7. The molecule has 2 aromatic carbocycles. The Labute approximate surface area is 227 Å². The van der Waals surface area contributed by atoms with Gasteiger partial charge in [-0.3, -0.25) is 4.79 Å². The summed E-state index contributed by atoms with van der Waals surface area (Å²) in [6, 6.07) is 17.2. The zero-order valence-electron chi connectivity index (χ0n) is 19.7. The van der Waals surface area contributed by atoms with Crippen LogP contribution < -0.4 is 4.74 Å². The van der Waals surface area contributed by atoms with Crippen LogP contribution in [0.25, 0.3) is 21.7 Å². The molecule has 0 saturated heterocycles. The molecule has 1 aliphatic rings. The second-order valence-electron chi connectivity index (χ2n) is 8.41. The molecule has 9 heteroatoms. The Morgan fingerprint density at radius 3 is 2.54 bits per heavy atom. The van der Waals surface area contributed by atoms with Gasteiger partial charge in [-0.1, -0.05) is 47.6 Å². The summed E-state index contributed by atoms with van der Waals surface area (Å²) in [5.74, 6) is 1.18. The van der Waals surface area contributed by atoms with Gasteiger partial charge in [-0.2, -0.15) is 5.26 Å². The zero-order chi connectivity index (χ0) is 25.8. The molecule has 2 aromatic heterocycles. The monoisotopic (exact) mass is 547 g/mol. The molecule has 1 aliphatic carbocycles. The molecule has 5 rings (SSSR count). The lowest BCUT2D eigenvalue weighted by molar-refractivity contribution is 0.0972. The van der Waals surface area contributed by atoms with Gasteiger partial charge in [-0.25, -0.2) is 9.97 Å². The highest BCUT2D eigenvalue weighted by atomic mass is 35.5.